The predicted octanol–water partition coefficient (Wildman–Crippen LogP) is 3.10. The molecule has 0 aliphatic carbocycles. The van der Waals surface area contributed by atoms with Gasteiger partial charge in [-0.3, -0.25) is 4.18 Å². The molecule has 2 aromatic carbocycles. The van der Waals surface area contributed by atoms with E-state index in [1.165, 1.54) is 0 Å². The normalized spacial score (nSPS) is 12.9. The van der Waals surface area contributed by atoms with E-state index in [0.717, 1.165) is 16.9 Å². The van der Waals surface area contributed by atoms with Crippen molar-refractivity contribution in [2.75, 3.05) is 5.32 Å². The third-order valence-electron chi connectivity index (χ3n) is 2.94. The molecule has 0 amide bonds. The fourth-order valence-electron chi connectivity index (χ4n) is 2.03. The Labute approximate surface area is 125 Å². The predicted molar refractivity (Wildman–Crippen MR) is 83.4 cm³/mol. The minimum absolute atomic E-state index is 0.505. The zero-order valence-electron chi connectivity index (χ0n) is 11.7. The molecule has 0 saturated carbocycles. The largest absolute Gasteiger partial charge is 0.356 e. The lowest BCUT2D eigenvalue weighted by Gasteiger charge is -2.16. The Bertz CT molecular complexity index is 687. The molecule has 2 aromatic rings. The van der Waals surface area contributed by atoms with Crippen LogP contribution in [0.2, 0.25) is 0 Å². The maximum absolute atomic E-state index is 11.1. The number of hydrogen-bond donors (Lipinski definition) is 2. The summed E-state index contributed by atoms with van der Waals surface area (Å²) in [6.07, 6.45) is -0.0804. The number of nitrogens with one attached hydrogen (secondary N) is 1. The smallest absolute Gasteiger partial charge is 0.333 e. The summed E-state index contributed by atoms with van der Waals surface area (Å²) in [6.45, 7) is 1.84. The van der Waals surface area contributed by atoms with Gasteiger partial charge in [-0.1, -0.05) is 37.3 Å². The Kier molecular flexibility index (Phi) is 4.95. The highest BCUT2D eigenvalue weighted by Crippen LogP contribution is 2.26. The van der Waals surface area contributed by atoms with Gasteiger partial charge >= 0.3 is 10.3 Å². The lowest BCUT2D eigenvalue weighted by molar-refractivity contribution is 0.209. The van der Waals surface area contributed by atoms with Crippen molar-refractivity contribution in [3.05, 3.63) is 60.2 Å². The first-order valence-electron chi connectivity index (χ1n) is 6.61. The van der Waals surface area contributed by atoms with Gasteiger partial charge < -0.3 is 5.32 Å². The highest BCUT2D eigenvalue weighted by molar-refractivity contribution is 7.84. The summed E-state index contributed by atoms with van der Waals surface area (Å²) >= 11 is 0. The molecule has 0 saturated heterocycles. The molecule has 0 aromatic heterocycles. The third-order valence-corrected chi connectivity index (χ3v) is 3.44. The number of anilines is 2. The molecule has 2 rings (SSSR count). The number of nitrogens with two attached hydrogens (primary N) is 1. The lowest BCUT2D eigenvalue weighted by atomic mass is 10.1. The van der Waals surface area contributed by atoms with Crippen LogP contribution in [0.3, 0.4) is 0 Å². The maximum Gasteiger partial charge on any atom is 0.333 e. The van der Waals surface area contributed by atoms with Crippen LogP contribution >= 0.6 is 0 Å². The van der Waals surface area contributed by atoms with Gasteiger partial charge in [-0.15, -0.1) is 0 Å². The second kappa shape index (κ2) is 6.71. The first-order chi connectivity index (χ1) is 9.98. The summed E-state index contributed by atoms with van der Waals surface area (Å²) in [5.74, 6) is 0. The van der Waals surface area contributed by atoms with Crippen molar-refractivity contribution in [2.24, 2.45) is 5.14 Å². The molecule has 0 bridgehead atoms. The molecule has 0 aliphatic heterocycles. The maximum atomic E-state index is 11.1. The van der Waals surface area contributed by atoms with Crippen LogP contribution in [0.15, 0.2) is 54.6 Å². The molecule has 3 N–H and O–H groups in total. The SMILES string of the molecule is CCC(OS(N)(=O)=O)c1cccc(Nc2ccccc2)c1. The summed E-state index contributed by atoms with van der Waals surface area (Å²) in [5, 5.41) is 8.20. The van der Waals surface area contributed by atoms with Crippen molar-refractivity contribution in [3.63, 3.8) is 0 Å². The number of hydrogen-bond acceptors (Lipinski definition) is 4. The number of para-hydroxylation sites is 1. The van der Waals surface area contributed by atoms with Crippen molar-refractivity contribution in [2.45, 2.75) is 19.4 Å². The highest BCUT2D eigenvalue weighted by atomic mass is 32.2. The number of rotatable bonds is 6. The van der Waals surface area contributed by atoms with Crippen LogP contribution < -0.4 is 10.5 Å². The van der Waals surface area contributed by atoms with Gasteiger partial charge in [0.05, 0.1) is 0 Å². The van der Waals surface area contributed by atoms with Gasteiger partial charge in [-0.25, -0.2) is 5.14 Å². The van der Waals surface area contributed by atoms with E-state index in [1.807, 2.05) is 61.5 Å². The van der Waals surface area contributed by atoms with Crippen molar-refractivity contribution in [3.8, 4) is 0 Å². The number of benzene rings is 2. The Hall–Kier alpha value is -1.89. The molecular weight excluding hydrogens is 288 g/mol. The van der Waals surface area contributed by atoms with Gasteiger partial charge in [0.2, 0.25) is 0 Å². The second-order valence-corrected chi connectivity index (χ2v) is 5.78. The van der Waals surface area contributed by atoms with Crippen molar-refractivity contribution >= 4 is 21.7 Å². The van der Waals surface area contributed by atoms with Crippen molar-refractivity contribution in [1.29, 1.82) is 0 Å². The summed E-state index contributed by atoms with van der Waals surface area (Å²) in [7, 11) is -3.98. The van der Waals surface area contributed by atoms with E-state index < -0.39 is 16.4 Å². The van der Waals surface area contributed by atoms with E-state index in [4.69, 9.17) is 9.32 Å². The van der Waals surface area contributed by atoms with E-state index in [1.54, 1.807) is 0 Å². The second-order valence-electron chi connectivity index (χ2n) is 4.60. The molecular formula is C15H18N2O3S. The lowest BCUT2D eigenvalue weighted by Crippen LogP contribution is -2.19. The Morgan fingerprint density at radius 3 is 2.38 bits per heavy atom. The van der Waals surface area contributed by atoms with E-state index in [2.05, 4.69) is 5.32 Å². The van der Waals surface area contributed by atoms with Crippen molar-refractivity contribution in [1.82, 2.24) is 0 Å². The Morgan fingerprint density at radius 2 is 1.76 bits per heavy atom. The minimum atomic E-state index is -3.98. The van der Waals surface area contributed by atoms with Crippen LogP contribution in [0.4, 0.5) is 11.4 Å². The van der Waals surface area contributed by atoms with Crippen LogP contribution in [0, 0.1) is 0 Å². The van der Waals surface area contributed by atoms with Gasteiger partial charge in [-0.05, 0) is 36.2 Å². The van der Waals surface area contributed by atoms with Gasteiger partial charge in [0.1, 0.15) is 6.10 Å². The van der Waals surface area contributed by atoms with Crippen LogP contribution in [0.5, 0.6) is 0 Å². The van der Waals surface area contributed by atoms with Crippen LogP contribution in [-0.2, 0) is 14.5 Å². The van der Waals surface area contributed by atoms with Crippen LogP contribution in [-0.4, -0.2) is 8.42 Å². The quantitative estimate of drug-likeness (QED) is 0.859. The van der Waals surface area contributed by atoms with Gasteiger partial charge in [-0.2, -0.15) is 8.42 Å². The molecule has 21 heavy (non-hydrogen) atoms. The fourth-order valence-corrected chi connectivity index (χ4v) is 2.60. The molecule has 5 nitrogen and oxygen atoms in total. The topological polar surface area (TPSA) is 81.4 Å². The molecule has 112 valence electrons. The van der Waals surface area contributed by atoms with E-state index >= 15 is 0 Å². The molecule has 0 spiro atoms. The first kappa shape index (κ1) is 15.5. The molecule has 0 aliphatic rings. The summed E-state index contributed by atoms with van der Waals surface area (Å²) in [4.78, 5) is 0. The van der Waals surface area contributed by atoms with Crippen LogP contribution in [0.1, 0.15) is 25.0 Å². The van der Waals surface area contributed by atoms with Gasteiger partial charge in [0, 0.05) is 11.4 Å². The standard InChI is InChI=1S/C15H18N2O3S/c1-2-15(20-21(16,18)19)12-7-6-10-14(11-12)17-13-8-4-3-5-9-13/h3-11,15,17H,2H2,1H3,(H2,16,18,19). The minimum Gasteiger partial charge on any atom is -0.356 e. The Morgan fingerprint density at radius 1 is 1.10 bits per heavy atom. The molecule has 0 heterocycles. The van der Waals surface area contributed by atoms with Gasteiger partial charge in [0.15, 0.2) is 0 Å². The van der Waals surface area contributed by atoms with E-state index in [9.17, 15) is 8.42 Å². The molecule has 1 unspecified atom stereocenters. The fraction of sp³-hybridized carbons (Fsp3) is 0.200. The average Bonchev–Trinajstić information content (AvgIpc) is 2.45. The monoisotopic (exact) mass is 306 g/mol. The van der Waals surface area contributed by atoms with Gasteiger partial charge in [0.25, 0.3) is 0 Å². The summed E-state index contributed by atoms with van der Waals surface area (Å²) in [6, 6.07) is 17.1. The molecule has 0 fully saturated rings. The first-order valence-corrected chi connectivity index (χ1v) is 8.08. The van der Waals surface area contributed by atoms with E-state index in [0.29, 0.717) is 6.42 Å². The highest BCUT2D eigenvalue weighted by Gasteiger charge is 2.16. The summed E-state index contributed by atoms with van der Waals surface area (Å²) in [5.41, 5.74) is 2.57. The average molecular weight is 306 g/mol. The molecule has 1 atom stereocenters. The van der Waals surface area contributed by atoms with Crippen molar-refractivity contribution < 1.29 is 12.6 Å². The summed E-state index contributed by atoms with van der Waals surface area (Å²) < 4.78 is 27.1. The third kappa shape index (κ3) is 4.86. The zero-order valence-corrected chi connectivity index (χ0v) is 12.5. The van der Waals surface area contributed by atoms with E-state index in [-0.39, 0.29) is 0 Å². The molecule has 6 heteroatoms. The van der Waals surface area contributed by atoms with Crippen LogP contribution in [0.25, 0.3) is 0 Å². The Balaban J connectivity index is 2.20. The zero-order chi connectivity index (χ0) is 15.3. The molecule has 0 radical (unpaired) electrons.